The summed E-state index contributed by atoms with van der Waals surface area (Å²) in [5, 5.41) is 0. The Hall–Kier alpha value is -0.580. The number of carbonyl (C=O) groups is 1. The summed E-state index contributed by atoms with van der Waals surface area (Å²) in [7, 11) is 3.50. The Bertz CT molecular complexity index is 410. The number of hydrogen-bond donors (Lipinski definition) is 0. The van der Waals surface area contributed by atoms with E-state index in [2.05, 4.69) is 11.9 Å². The molecule has 0 atom stereocenters. The number of thiophene rings is 1. The van der Waals surface area contributed by atoms with Crippen molar-refractivity contribution in [2.24, 2.45) is 0 Å². The number of likely N-dealkylation sites (tertiary alicyclic amines) is 1. The highest BCUT2D eigenvalue weighted by Crippen LogP contribution is 2.42. The van der Waals surface area contributed by atoms with Crippen LogP contribution in [0.2, 0.25) is 0 Å². The average Bonchev–Trinajstić information content (AvgIpc) is 2.82. The van der Waals surface area contributed by atoms with Gasteiger partial charge >= 0.3 is 5.97 Å². The van der Waals surface area contributed by atoms with E-state index in [1.54, 1.807) is 6.07 Å². The van der Waals surface area contributed by atoms with Crippen LogP contribution in [0.1, 0.15) is 27.4 Å². The van der Waals surface area contributed by atoms with Gasteiger partial charge < -0.3 is 9.64 Å². The van der Waals surface area contributed by atoms with Crippen molar-refractivity contribution in [1.82, 2.24) is 4.90 Å². The lowest BCUT2D eigenvalue weighted by Gasteiger charge is -2.35. The largest absolute Gasteiger partial charge is 0.465 e. The summed E-state index contributed by atoms with van der Waals surface area (Å²) in [5.74, 6) is -0.283. The molecule has 0 saturated carbocycles. The Morgan fingerprint density at radius 2 is 2.12 bits per heavy atom. The number of alkyl halides is 1. The van der Waals surface area contributed by atoms with E-state index in [4.69, 9.17) is 16.3 Å². The van der Waals surface area contributed by atoms with Gasteiger partial charge in [-0.1, -0.05) is 0 Å². The molecule has 3 nitrogen and oxygen atoms in total. The fourth-order valence-corrected chi connectivity index (χ4v) is 3.42. The van der Waals surface area contributed by atoms with E-state index >= 15 is 0 Å². The van der Waals surface area contributed by atoms with Gasteiger partial charge in [0.15, 0.2) is 0 Å². The SMILES string of the molecule is COC(=O)c1ccc(C2(Cl)CCN(C)CC2)s1. The molecule has 0 spiro atoms. The molecule has 0 aromatic carbocycles. The van der Waals surface area contributed by atoms with Crippen molar-refractivity contribution < 1.29 is 9.53 Å². The molecule has 1 aromatic heterocycles. The molecular weight excluding hydrogens is 258 g/mol. The molecule has 0 bridgehead atoms. The van der Waals surface area contributed by atoms with Crippen LogP contribution in [0.5, 0.6) is 0 Å². The van der Waals surface area contributed by atoms with E-state index < -0.39 is 0 Å². The van der Waals surface area contributed by atoms with Crippen molar-refractivity contribution in [2.75, 3.05) is 27.2 Å². The van der Waals surface area contributed by atoms with Crippen LogP contribution in [-0.2, 0) is 9.61 Å². The molecule has 0 N–H and O–H groups in total. The Balaban J connectivity index is 2.16. The van der Waals surface area contributed by atoms with Crippen LogP contribution in [0.3, 0.4) is 0 Å². The van der Waals surface area contributed by atoms with Gasteiger partial charge in [-0.25, -0.2) is 4.79 Å². The molecule has 0 amide bonds. The number of ether oxygens (including phenoxy) is 1. The van der Waals surface area contributed by atoms with Gasteiger partial charge in [-0.15, -0.1) is 22.9 Å². The maximum atomic E-state index is 11.4. The van der Waals surface area contributed by atoms with Crippen molar-refractivity contribution in [1.29, 1.82) is 0 Å². The molecule has 1 saturated heterocycles. The van der Waals surface area contributed by atoms with E-state index in [9.17, 15) is 4.79 Å². The van der Waals surface area contributed by atoms with Crippen LogP contribution in [0.4, 0.5) is 0 Å². The van der Waals surface area contributed by atoms with Gasteiger partial charge in [-0.3, -0.25) is 0 Å². The third-order valence-electron chi connectivity index (χ3n) is 3.21. The molecule has 1 aliphatic heterocycles. The first-order valence-corrected chi connectivity index (χ1v) is 6.81. The standard InChI is InChI=1S/C12H16ClNO2S/c1-14-7-5-12(13,6-8-14)10-4-3-9(17-10)11(15)16-2/h3-4H,5-8H2,1-2H3. The minimum Gasteiger partial charge on any atom is -0.465 e. The molecule has 2 heterocycles. The minimum absolute atomic E-state index is 0.283. The summed E-state index contributed by atoms with van der Waals surface area (Å²) in [5.41, 5.74) is 0. The highest BCUT2D eigenvalue weighted by atomic mass is 35.5. The average molecular weight is 274 g/mol. The molecule has 0 aliphatic carbocycles. The first kappa shape index (κ1) is 12.9. The molecule has 1 fully saturated rings. The minimum atomic E-state index is -0.302. The number of halogens is 1. The quantitative estimate of drug-likeness (QED) is 0.613. The molecule has 0 unspecified atom stereocenters. The molecule has 94 valence electrons. The first-order chi connectivity index (χ1) is 8.05. The van der Waals surface area contributed by atoms with Crippen molar-refractivity contribution in [2.45, 2.75) is 17.7 Å². The lowest BCUT2D eigenvalue weighted by Crippen LogP contribution is -2.36. The maximum Gasteiger partial charge on any atom is 0.348 e. The smallest absolute Gasteiger partial charge is 0.348 e. The third-order valence-corrected chi connectivity index (χ3v) is 5.18. The Kier molecular flexibility index (Phi) is 3.76. The van der Waals surface area contributed by atoms with Crippen molar-refractivity contribution in [3.8, 4) is 0 Å². The molecule has 17 heavy (non-hydrogen) atoms. The van der Waals surface area contributed by atoms with Gasteiger partial charge in [0.25, 0.3) is 0 Å². The van der Waals surface area contributed by atoms with Crippen LogP contribution in [0.15, 0.2) is 12.1 Å². The second-order valence-electron chi connectivity index (χ2n) is 4.42. The van der Waals surface area contributed by atoms with Gasteiger partial charge in [0.05, 0.1) is 12.0 Å². The number of rotatable bonds is 2. The lowest BCUT2D eigenvalue weighted by atomic mass is 9.94. The number of esters is 1. The van der Waals surface area contributed by atoms with E-state index in [1.807, 2.05) is 6.07 Å². The van der Waals surface area contributed by atoms with Crippen LogP contribution in [0.25, 0.3) is 0 Å². The number of hydrogen-bond acceptors (Lipinski definition) is 4. The van der Waals surface area contributed by atoms with Gasteiger partial charge in [0.1, 0.15) is 4.88 Å². The Morgan fingerprint density at radius 1 is 1.47 bits per heavy atom. The van der Waals surface area contributed by atoms with Crippen molar-refractivity contribution in [3.63, 3.8) is 0 Å². The normalized spacial score (nSPS) is 20.2. The van der Waals surface area contributed by atoms with Crippen LogP contribution < -0.4 is 0 Å². The van der Waals surface area contributed by atoms with Gasteiger partial charge in [-0.05, 0) is 45.1 Å². The summed E-state index contributed by atoms with van der Waals surface area (Å²) < 4.78 is 4.71. The molecule has 2 rings (SSSR count). The molecular formula is C12H16ClNO2S. The number of carbonyl (C=O) groups excluding carboxylic acids is 1. The maximum absolute atomic E-state index is 11.4. The number of piperidine rings is 1. The highest BCUT2D eigenvalue weighted by Gasteiger charge is 2.34. The van der Waals surface area contributed by atoms with E-state index in [0.717, 1.165) is 30.8 Å². The van der Waals surface area contributed by atoms with E-state index in [0.29, 0.717) is 4.88 Å². The monoisotopic (exact) mass is 273 g/mol. The zero-order valence-electron chi connectivity index (χ0n) is 10.0. The topological polar surface area (TPSA) is 29.5 Å². The second kappa shape index (κ2) is 4.96. The fraction of sp³-hybridized carbons (Fsp3) is 0.583. The van der Waals surface area contributed by atoms with Gasteiger partial charge in [0, 0.05) is 4.88 Å². The summed E-state index contributed by atoms with van der Waals surface area (Å²) in [6.45, 7) is 1.99. The van der Waals surface area contributed by atoms with Crippen LogP contribution >= 0.6 is 22.9 Å². The van der Waals surface area contributed by atoms with Crippen molar-refractivity contribution >= 4 is 28.9 Å². The zero-order valence-corrected chi connectivity index (χ0v) is 11.6. The molecule has 0 radical (unpaired) electrons. The molecule has 1 aromatic rings. The van der Waals surface area contributed by atoms with Crippen molar-refractivity contribution in [3.05, 3.63) is 21.9 Å². The van der Waals surface area contributed by atoms with Gasteiger partial charge in [-0.2, -0.15) is 0 Å². The van der Waals surface area contributed by atoms with Crippen LogP contribution in [-0.4, -0.2) is 38.1 Å². The lowest BCUT2D eigenvalue weighted by molar-refractivity contribution is 0.0606. The van der Waals surface area contributed by atoms with Crippen LogP contribution in [0, 0.1) is 0 Å². The zero-order chi connectivity index (χ0) is 12.5. The predicted octanol–water partition coefficient (Wildman–Crippen LogP) is 2.69. The van der Waals surface area contributed by atoms with Gasteiger partial charge in [0.2, 0.25) is 0 Å². The second-order valence-corrected chi connectivity index (χ2v) is 6.23. The summed E-state index contributed by atoms with van der Waals surface area (Å²) in [6, 6.07) is 3.75. The fourth-order valence-electron chi connectivity index (χ4n) is 2.01. The third kappa shape index (κ3) is 2.64. The highest BCUT2D eigenvalue weighted by molar-refractivity contribution is 7.14. The molecule has 5 heteroatoms. The summed E-state index contributed by atoms with van der Waals surface area (Å²) in [4.78, 5) is 15.1. The summed E-state index contributed by atoms with van der Waals surface area (Å²) >= 11 is 8.11. The number of nitrogens with zero attached hydrogens (tertiary/aromatic N) is 1. The van der Waals surface area contributed by atoms with E-state index in [-0.39, 0.29) is 10.8 Å². The number of methoxy groups -OCH3 is 1. The first-order valence-electron chi connectivity index (χ1n) is 5.61. The summed E-state index contributed by atoms with van der Waals surface area (Å²) in [6.07, 6.45) is 1.85. The Labute approximate surface area is 110 Å². The molecule has 1 aliphatic rings. The van der Waals surface area contributed by atoms with E-state index in [1.165, 1.54) is 18.4 Å². The Morgan fingerprint density at radius 3 is 2.71 bits per heavy atom. The predicted molar refractivity (Wildman–Crippen MR) is 69.9 cm³/mol.